The lowest BCUT2D eigenvalue weighted by Crippen LogP contribution is -2.55. The van der Waals surface area contributed by atoms with Crippen LogP contribution in [-0.2, 0) is 19.1 Å². The minimum absolute atomic E-state index is 0.00716. The molecule has 1 atom stereocenters. The van der Waals surface area contributed by atoms with Gasteiger partial charge in [-0.3, -0.25) is 14.5 Å². The second kappa shape index (κ2) is 8.01. The third kappa shape index (κ3) is 4.15. The fourth-order valence-electron chi connectivity index (χ4n) is 4.46. The zero-order chi connectivity index (χ0) is 17.9. The van der Waals surface area contributed by atoms with Gasteiger partial charge in [-0.25, -0.2) is 0 Å². The van der Waals surface area contributed by atoms with Gasteiger partial charge in [0.05, 0.1) is 18.6 Å². The summed E-state index contributed by atoms with van der Waals surface area (Å²) >= 11 is 0. The van der Waals surface area contributed by atoms with E-state index in [1.165, 1.54) is 7.11 Å². The fraction of sp³-hybridized carbons (Fsp3) is 0.889. The molecule has 0 aromatic carbocycles. The summed E-state index contributed by atoms with van der Waals surface area (Å²) in [7, 11) is 1.42. The molecule has 1 saturated carbocycles. The number of carbonyl (C=O) groups excluding carboxylic acids is 2. The molecule has 7 heteroatoms. The van der Waals surface area contributed by atoms with Crippen molar-refractivity contribution < 1.29 is 19.1 Å². The standard InChI is InChI=1S/C18H31N3O4/c1-24-16(22)14-12-20(15-4-10-25-11-5-15)8-9-21(13-14)17(23)18(19)6-2-3-7-18/h14-15H,2-13,19H2,1H3/t14-/m1/s1. The van der Waals surface area contributed by atoms with Gasteiger partial charge in [0, 0.05) is 45.4 Å². The van der Waals surface area contributed by atoms with Gasteiger partial charge in [-0.05, 0) is 25.7 Å². The topological polar surface area (TPSA) is 85.1 Å². The zero-order valence-electron chi connectivity index (χ0n) is 15.2. The van der Waals surface area contributed by atoms with Crippen LogP contribution in [0.25, 0.3) is 0 Å². The number of nitrogens with two attached hydrogens (primary N) is 1. The molecule has 142 valence electrons. The molecule has 25 heavy (non-hydrogen) atoms. The van der Waals surface area contributed by atoms with Gasteiger partial charge in [0.15, 0.2) is 0 Å². The molecule has 1 aliphatic carbocycles. The molecule has 3 fully saturated rings. The summed E-state index contributed by atoms with van der Waals surface area (Å²) < 4.78 is 10.5. The molecule has 3 aliphatic rings. The van der Waals surface area contributed by atoms with E-state index in [1.807, 2.05) is 4.90 Å². The highest BCUT2D eigenvalue weighted by molar-refractivity contribution is 5.87. The van der Waals surface area contributed by atoms with Gasteiger partial charge in [0.1, 0.15) is 0 Å². The first-order chi connectivity index (χ1) is 12.0. The second-order valence-corrected chi connectivity index (χ2v) is 7.67. The third-order valence-corrected chi connectivity index (χ3v) is 6.00. The van der Waals surface area contributed by atoms with Crippen molar-refractivity contribution in [2.45, 2.75) is 50.1 Å². The number of nitrogens with zero attached hydrogens (tertiary/aromatic N) is 2. The molecular formula is C18H31N3O4. The summed E-state index contributed by atoms with van der Waals surface area (Å²) in [6.45, 7) is 3.97. The number of hydrogen-bond acceptors (Lipinski definition) is 6. The van der Waals surface area contributed by atoms with Crippen molar-refractivity contribution in [3.63, 3.8) is 0 Å². The Balaban J connectivity index is 1.73. The normalized spacial score (nSPS) is 28.6. The van der Waals surface area contributed by atoms with Crippen molar-refractivity contribution in [1.29, 1.82) is 0 Å². The van der Waals surface area contributed by atoms with E-state index in [4.69, 9.17) is 15.2 Å². The molecule has 0 bridgehead atoms. The van der Waals surface area contributed by atoms with Crippen LogP contribution in [-0.4, -0.2) is 79.8 Å². The van der Waals surface area contributed by atoms with E-state index in [1.54, 1.807) is 0 Å². The van der Waals surface area contributed by atoms with Crippen LogP contribution in [0.3, 0.4) is 0 Å². The maximum Gasteiger partial charge on any atom is 0.311 e. The minimum Gasteiger partial charge on any atom is -0.469 e. The Morgan fingerprint density at radius 2 is 1.80 bits per heavy atom. The Bertz CT molecular complexity index is 487. The van der Waals surface area contributed by atoms with Crippen LogP contribution in [0.5, 0.6) is 0 Å². The summed E-state index contributed by atoms with van der Waals surface area (Å²) in [4.78, 5) is 29.5. The number of carbonyl (C=O) groups is 2. The number of rotatable bonds is 3. The summed E-state index contributed by atoms with van der Waals surface area (Å²) in [5, 5.41) is 0. The number of amides is 1. The Morgan fingerprint density at radius 1 is 1.12 bits per heavy atom. The predicted octanol–water partition coefficient (Wildman–Crippen LogP) is 0.370. The number of ether oxygens (including phenoxy) is 2. The van der Waals surface area contributed by atoms with Crippen molar-refractivity contribution in [3.05, 3.63) is 0 Å². The lowest BCUT2D eigenvalue weighted by Gasteiger charge is -2.34. The van der Waals surface area contributed by atoms with E-state index < -0.39 is 5.54 Å². The van der Waals surface area contributed by atoms with Crippen molar-refractivity contribution in [2.24, 2.45) is 11.7 Å². The van der Waals surface area contributed by atoms with Gasteiger partial charge in [-0.15, -0.1) is 0 Å². The third-order valence-electron chi connectivity index (χ3n) is 6.00. The summed E-state index contributed by atoms with van der Waals surface area (Å²) in [5.41, 5.74) is 5.64. The van der Waals surface area contributed by atoms with Crippen LogP contribution in [0.1, 0.15) is 38.5 Å². The van der Waals surface area contributed by atoms with Crippen LogP contribution in [0, 0.1) is 5.92 Å². The first-order valence-corrected chi connectivity index (χ1v) is 9.51. The molecule has 0 aromatic rings. The lowest BCUT2D eigenvalue weighted by molar-refractivity contribution is -0.147. The number of methoxy groups -OCH3 is 1. The first kappa shape index (κ1) is 18.6. The molecule has 1 amide bonds. The van der Waals surface area contributed by atoms with Gasteiger partial charge in [0.2, 0.25) is 5.91 Å². The molecule has 7 nitrogen and oxygen atoms in total. The SMILES string of the molecule is COC(=O)[C@H]1CN(C(=O)C2(N)CCCC2)CCN(C2CCOCC2)C1. The Hall–Kier alpha value is -1.18. The van der Waals surface area contributed by atoms with Crippen molar-refractivity contribution >= 4 is 11.9 Å². The quantitative estimate of drug-likeness (QED) is 0.738. The Morgan fingerprint density at radius 3 is 2.44 bits per heavy atom. The Kier molecular flexibility index (Phi) is 5.96. The molecule has 0 spiro atoms. The summed E-state index contributed by atoms with van der Waals surface area (Å²) in [5.74, 6) is -0.550. The number of hydrogen-bond donors (Lipinski definition) is 1. The molecule has 2 aliphatic heterocycles. The highest BCUT2D eigenvalue weighted by Gasteiger charge is 2.42. The zero-order valence-corrected chi connectivity index (χ0v) is 15.2. The average molecular weight is 353 g/mol. The molecular weight excluding hydrogens is 322 g/mol. The van der Waals surface area contributed by atoms with Crippen molar-refractivity contribution in [1.82, 2.24) is 9.80 Å². The van der Waals surface area contributed by atoms with Gasteiger partial charge >= 0.3 is 5.97 Å². The van der Waals surface area contributed by atoms with Crippen LogP contribution in [0.2, 0.25) is 0 Å². The maximum absolute atomic E-state index is 13.0. The van der Waals surface area contributed by atoms with Gasteiger partial charge < -0.3 is 20.1 Å². The Labute approximate surface area is 149 Å². The monoisotopic (exact) mass is 353 g/mol. The van der Waals surface area contributed by atoms with Gasteiger partial charge in [-0.1, -0.05) is 12.8 Å². The maximum atomic E-state index is 13.0. The van der Waals surface area contributed by atoms with Gasteiger partial charge in [0.25, 0.3) is 0 Å². The average Bonchev–Trinajstić information content (AvgIpc) is 2.97. The summed E-state index contributed by atoms with van der Waals surface area (Å²) in [6, 6.07) is 0.411. The van der Waals surface area contributed by atoms with Crippen LogP contribution >= 0.6 is 0 Å². The van der Waals surface area contributed by atoms with Crippen LogP contribution in [0.15, 0.2) is 0 Å². The predicted molar refractivity (Wildman–Crippen MR) is 92.9 cm³/mol. The summed E-state index contributed by atoms with van der Waals surface area (Å²) in [6.07, 6.45) is 5.45. The van der Waals surface area contributed by atoms with E-state index in [0.29, 0.717) is 25.7 Å². The molecule has 2 saturated heterocycles. The molecule has 0 unspecified atom stereocenters. The second-order valence-electron chi connectivity index (χ2n) is 7.67. The van der Waals surface area contributed by atoms with Crippen molar-refractivity contribution in [3.8, 4) is 0 Å². The first-order valence-electron chi connectivity index (χ1n) is 9.51. The van der Waals surface area contributed by atoms with Crippen LogP contribution < -0.4 is 5.73 Å². The van der Waals surface area contributed by atoms with E-state index in [0.717, 1.165) is 58.3 Å². The van der Waals surface area contributed by atoms with Crippen molar-refractivity contribution in [2.75, 3.05) is 46.5 Å². The highest BCUT2D eigenvalue weighted by Crippen LogP contribution is 2.30. The van der Waals surface area contributed by atoms with E-state index in [-0.39, 0.29) is 17.8 Å². The van der Waals surface area contributed by atoms with E-state index in [9.17, 15) is 9.59 Å². The molecule has 0 radical (unpaired) electrons. The molecule has 2 N–H and O–H groups in total. The number of esters is 1. The molecule has 3 rings (SSSR count). The fourth-order valence-corrected chi connectivity index (χ4v) is 4.46. The van der Waals surface area contributed by atoms with E-state index >= 15 is 0 Å². The van der Waals surface area contributed by atoms with Crippen LogP contribution in [0.4, 0.5) is 0 Å². The largest absolute Gasteiger partial charge is 0.469 e. The van der Waals surface area contributed by atoms with Gasteiger partial charge in [-0.2, -0.15) is 0 Å². The van der Waals surface area contributed by atoms with E-state index in [2.05, 4.69) is 4.90 Å². The highest BCUT2D eigenvalue weighted by atomic mass is 16.5. The smallest absolute Gasteiger partial charge is 0.311 e. The molecule has 0 aromatic heterocycles. The lowest BCUT2D eigenvalue weighted by atomic mass is 9.96. The minimum atomic E-state index is -0.742. The molecule has 2 heterocycles.